The number of hydrogen-bond donors (Lipinski definition) is 0. The Labute approximate surface area is 129 Å². The van der Waals surface area contributed by atoms with E-state index in [0.717, 1.165) is 4.90 Å². The van der Waals surface area contributed by atoms with Crippen LogP contribution in [0.4, 0.5) is 0 Å². The van der Waals surface area contributed by atoms with Gasteiger partial charge in [0.15, 0.2) is 5.65 Å². The minimum atomic E-state index is -0.734. The second kappa shape index (κ2) is 5.46. The lowest BCUT2D eigenvalue weighted by Crippen LogP contribution is -2.29. The highest BCUT2D eigenvalue weighted by atomic mass is 79.9. The molecule has 2 heterocycles. The van der Waals surface area contributed by atoms with E-state index in [1.54, 1.807) is 36.6 Å². The molecule has 2 aromatic rings. The first kappa shape index (κ1) is 14.9. The summed E-state index contributed by atoms with van der Waals surface area (Å²) >= 11 is 4.72. The second-order valence-corrected chi connectivity index (χ2v) is 7.02. The Kier molecular flexibility index (Phi) is 4.06. The number of pyridine rings is 1. The summed E-state index contributed by atoms with van der Waals surface area (Å²) in [5, 5.41) is 9.13. The fourth-order valence-electron chi connectivity index (χ4n) is 1.77. The number of imidazole rings is 1. The lowest BCUT2D eigenvalue weighted by molar-refractivity contribution is -0.142. The minimum Gasteiger partial charge on any atom is -0.468 e. The normalized spacial score (nSPS) is 11.3. The first-order valence-electron chi connectivity index (χ1n) is 5.74. The zero-order chi connectivity index (χ0) is 14.9. The lowest BCUT2D eigenvalue weighted by Gasteiger charge is -2.21. The van der Waals surface area contributed by atoms with Crippen LogP contribution in [0, 0.1) is 11.3 Å². The van der Waals surface area contributed by atoms with E-state index in [1.807, 2.05) is 0 Å². The molecule has 0 radical (unpaired) electrons. The smallest absolute Gasteiger partial charge is 0.321 e. The molecule has 0 unspecified atom stereocenters. The third-order valence-electron chi connectivity index (χ3n) is 2.73. The van der Waals surface area contributed by atoms with Crippen LogP contribution in [-0.2, 0) is 9.53 Å². The van der Waals surface area contributed by atoms with Crippen molar-refractivity contribution < 1.29 is 9.53 Å². The van der Waals surface area contributed by atoms with E-state index in [-0.39, 0.29) is 5.97 Å². The zero-order valence-electron chi connectivity index (χ0n) is 11.2. The number of halogens is 1. The van der Waals surface area contributed by atoms with Crippen LogP contribution in [0.15, 0.2) is 27.8 Å². The molecular weight excluding hydrogens is 342 g/mol. The molecule has 0 aliphatic rings. The lowest BCUT2D eigenvalue weighted by atomic mass is 10.2. The average molecular weight is 354 g/mol. The summed E-state index contributed by atoms with van der Waals surface area (Å²) in [5.41, 5.74) is 1.11. The number of rotatable bonds is 3. The summed E-state index contributed by atoms with van der Waals surface area (Å²) < 4.78 is 6.47. The highest BCUT2D eigenvalue weighted by Gasteiger charge is 2.31. The van der Waals surface area contributed by atoms with Crippen LogP contribution in [0.25, 0.3) is 5.65 Å². The van der Waals surface area contributed by atoms with Crippen LogP contribution >= 0.6 is 27.7 Å². The quantitative estimate of drug-likeness (QED) is 0.626. The summed E-state index contributed by atoms with van der Waals surface area (Å²) in [6.07, 6.45) is 1.63. The molecule has 0 aliphatic carbocycles. The number of fused-ring (bicyclic) bond motifs is 1. The van der Waals surface area contributed by atoms with Gasteiger partial charge in [-0.3, -0.25) is 9.20 Å². The second-order valence-electron chi connectivity index (χ2n) is 4.54. The van der Waals surface area contributed by atoms with E-state index in [4.69, 9.17) is 10.00 Å². The molecule has 0 N–H and O–H groups in total. The average Bonchev–Trinajstić information content (AvgIpc) is 2.81. The largest absolute Gasteiger partial charge is 0.468 e. The maximum atomic E-state index is 11.8. The van der Waals surface area contributed by atoms with Gasteiger partial charge < -0.3 is 4.74 Å². The Morgan fingerprint density at radius 3 is 2.85 bits per heavy atom. The van der Waals surface area contributed by atoms with Gasteiger partial charge in [0.25, 0.3) is 0 Å². The molecule has 0 saturated carbocycles. The van der Waals surface area contributed by atoms with E-state index in [2.05, 4.69) is 27.0 Å². The van der Waals surface area contributed by atoms with Crippen LogP contribution in [0.5, 0.6) is 0 Å². The van der Waals surface area contributed by atoms with Crippen molar-refractivity contribution in [3.8, 4) is 6.07 Å². The predicted molar refractivity (Wildman–Crippen MR) is 79.6 cm³/mol. The molecule has 0 aliphatic heterocycles. The molecule has 7 heteroatoms. The Morgan fingerprint density at radius 1 is 1.55 bits per heavy atom. The Morgan fingerprint density at radius 2 is 2.25 bits per heavy atom. The van der Waals surface area contributed by atoms with Crippen LogP contribution in [-0.4, -0.2) is 27.2 Å². The van der Waals surface area contributed by atoms with Crippen molar-refractivity contribution in [2.24, 2.45) is 0 Å². The predicted octanol–water partition coefficient (Wildman–Crippen LogP) is 3.01. The molecule has 0 amide bonds. The number of carbonyl (C=O) groups is 1. The van der Waals surface area contributed by atoms with Gasteiger partial charge in [-0.2, -0.15) is 5.26 Å². The standard InChI is InChI=1S/C13H12BrN3O2S/c1-13(2,12(18)19-3)20-9-5-4-8(6-15)17-10(14)7-16-11(9)17/h4-5,7H,1-3H3. The Balaban J connectivity index is 2.53. The van der Waals surface area contributed by atoms with Gasteiger partial charge in [-0.05, 0) is 41.9 Å². The highest BCUT2D eigenvalue weighted by molar-refractivity contribution is 9.10. The monoisotopic (exact) mass is 353 g/mol. The van der Waals surface area contributed by atoms with E-state index >= 15 is 0 Å². The van der Waals surface area contributed by atoms with Crippen LogP contribution in [0.1, 0.15) is 19.5 Å². The zero-order valence-corrected chi connectivity index (χ0v) is 13.6. The van der Waals surface area contributed by atoms with Crippen LogP contribution in [0.3, 0.4) is 0 Å². The van der Waals surface area contributed by atoms with Crippen molar-refractivity contribution in [2.75, 3.05) is 7.11 Å². The molecule has 20 heavy (non-hydrogen) atoms. The van der Waals surface area contributed by atoms with Crippen molar-refractivity contribution in [1.82, 2.24) is 9.38 Å². The molecule has 0 spiro atoms. The number of ether oxygens (including phenoxy) is 1. The van der Waals surface area contributed by atoms with Crippen molar-refractivity contribution in [2.45, 2.75) is 23.5 Å². The van der Waals surface area contributed by atoms with Crippen molar-refractivity contribution >= 4 is 39.3 Å². The number of hydrogen-bond acceptors (Lipinski definition) is 5. The number of nitrogens with zero attached hydrogens (tertiary/aromatic N) is 3. The summed E-state index contributed by atoms with van der Waals surface area (Å²) in [6.45, 7) is 3.58. The number of methoxy groups -OCH3 is 1. The SMILES string of the molecule is COC(=O)C(C)(C)Sc1ccc(C#N)n2c(Br)cnc12. The van der Waals surface area contributed by atoms with E-state index < -0.39 is 4.75 Å². The van der Waals surface area contributed by atoms with Crippen LogP contribution < -0.4 is 0 Å². The third-order valence-corrected chi connectivity index (χ3v) is 4.50. The number of thioether (sulfide) groups is 1. The first-order valence-corrected chi connectivity index (χ1v) is 7.35. The van der Waals surface area contributed by atoms with Gasteiger partial charge in [0.05, 0.1) is 18.2 Å². The van der Waals surface area contributed by atoms with Crippen molar-refractivity contribution in [3.63, 3.8) is 0 Å². The van der Waals surface area contributed by atoms with Gasteiger partial charge >= 0.3 is 5.97 Å². The van der Waals surface area contributed by atoms with Gasteiger partial charge in [0, 0.05) is 0 Å². The molecule has 2 rings (SSSR count). The highest BCUT2D eigenvalue weighted by Crippen LogP contribution is 2.36. The molecule has 0 atom stereocenters. The molecule has 2 aromatic heterocycles. The van der Waals surface area contributed by atoms with E-state index in [1.165, 1.54) is 18.9 Å². The van der Waals surface area contributed by atoms with Gasteiger partial charge in [0.2, 0.25) is 0 Å². The summed E-state index contributed by atoms with van der Waals surface area (Å²) in [6, 6.07) is 5.61. The Hall–Kier alpha value is -1.52. The molecule has 104 valence electrons. The van der Waals surface area contributed by atoms with Gasteiger partial charge in [0.1, 0.15) is 21.1 Å². The van der Waals surface area contributed by atoms with Gasteiger partial charge in [-0.25, -0.2) is 4.98 Å². The Bertz CT molecular complexity index is 718. The fraction of sp³-hybridized carbons (Fsp3) is 0.308. The van der Waals surface area contributed by atoms with Crippen LogP contribution in [0.2, 0.25) is 0 Å². The maximum absolute atomic E-state index is 11.8. The van der Waals surface area contributed by atoms with Gasteiger partial charge in [-0.15, -0.1) is 11.8 Å². The van der Waals surface area contributed by atoms with Crippen molar-refractivity contribution in [3.05, 3.63) is 28.6 Å². The summed E-state index contributed by atoms with van der Waals surface area (Å²) in [5.74, 6) is -0.310. The number of aromatic nitrogens is 2. The fourth-order valence-corrected chi connectivity index (χ4v) is 3.32. The number of nitriles is 1. The minimum absolute atomic E-state index is 0.310. The molecular formula is C13H12BrN3O2S. The number of esters is 1. The molecule has 5 nitrogen and oxygen atoms in total. The molecule has 0 fully saturated rings. The summed E-state index contributed by atoms with van der Waals surface area (Å²) in [4.78, 5) is 16.9. The topological polar surface area (TPSA) is 67.4 Å². The third kappa shape index (κ3) is 2.53. The first-order chi connectivity index (χ1) is 9.40. The maximum Gasteiger partial charge on any atom is 0.321 e. The molecule has 0 aromatic carbocycles. The summed E-state index contributed by atoms with van der Waals surface area (Å²) in [7, 11) is 1.37. The molecule has 0 saturated heterocycles. The number of carbonyl (C=O) groups excluding carboxylic acids is 1. The molecule has 0 bridgehead atoms. The van der Waals surface area contributed by atoms with E-state index in [9.17, 15) is 4.79 Å². The van der Waals surface area contributed by atoms with Crippen molar-refractivity contribution in [1.29, 1.82) is 5.26 Å². The van der Waals surface area contributed by atoms with Gasteiger partial charge in [-0.1, -0.05) is 0 Å². The van der Waals surface area contributed by atoms with E-state index in [0.29, 0.717) is 15.9 Å².